The maximum absolute atomic E-state index is 5.93. The summed E-state index contributed by atoms with van der Waals surface area (Å²) < 4.78 is 10.4. The third kappa shape index (κ3) is 5.04. The van der Waals surface area contributed by atoms with E-state index in [2.05, 4.69) is 18.5 Å². The first-order chi connectivity index (χ1) is 9.65. The van der Waals surface area contributed by atoms with Gasteiger partial charge in [0.2, 0.25) is 0 Å². The molecule has 1 atom stereocenters. The smallest absolute Gasteiger partial charge is 0.231 e. The molecule has 1 aromatic rings. The van der Waals surface area contributed by atoms with Gasteiger partial charge in [-0.2, -0.15) is 8.76 Å². The highest BCUT2D eigenvalue weighted by atomic mass is 35.6. The van der Waals surface area contributed by atoms with Crippen LogP contribution in [0.5, 0.6) is 0 Å². The number of hydrogen-bond donors (Lipinski definition) is 1. The normalized spacial score (nSPS) is 19.6. The van der Waals surface area contributed by atoms with E-state index in [0.717, 1.165) is 5.56 Å². The third-order valence-electron chi connectivity index (χ3n) is 2.24. The molecule has 2 rings (SSSR count). The summed E-state index contributed by atoms with van der Waals surface area (Å²) in [6, 6.07) is 9.54. The molecule has 0 amide bonds. The zero-order valence-corrected chi connectivity index (χ0v) is 14.9. The van der Waals surface area contributed by atoms with Crippen LogP contribution in [0.3, 0.4) is 0 Å². The van der Waals surface area contributed by atoms with Crippen molar-refractivity contribution in [2.24, 2.45) is 13.8 Å². The molecule has 1 aliphatic heterocycles. The van der Waals surface area contributed by atoms with Crippen molar-refractivity contribution in [1.29, 1.82) is 0 Å². The topological polar surface area (TPSA) is 49.1 Å². The average molecular weight is 366 g/mol. The van der Waals surface area contributed by atoms with E-state index in [1.165, 1.54) is 0 Å². The van der Waals surface area contributed by atoms with Gasteiger partial charge >= 0.3 is 0 Å². The van der Waals surface area contributed by atoms with Crippen molar-refractivity contribution in [1.82, 2.24) is 4.72 Å². The SMILES string of the molecule is CC(C)(C)N[S@]1=NC(c2ccccc2)=NC(C(Cl)(Cl)Cl)=N1. The maximum atomic E-state index is 5.93. The summed E-state index contributed by atoms with van der Waals surface area (Å²) >= 11 is 16.9. The van der Waals surface area contributed by atoms with Gasteiger partial charge in [0.15, 0.2) is 11.7 Å². The van der Waals surface area contributed by atoms with E-state index in [1.807, 2.05) is 51.1 Å². The Bertz CT molecular complexity index is 613. The zero-order valence-electron chi connectivity index (χ0n) is 11.8. The molecule has 0 bridgehead atoms. The minimum atomic E-state index is -1.68. The van der Waals surface area contributed by atoms with Crippen molar-refractivity contribution in [3.05, 3.63) is 35.9 Å². The Labute approximate surface area is 142 Å². The Morgan fingerprint density at radius 1 is 1.05 bits per heavy atom. The highest BCUT2D eigenvalue weighted by Gasteiger charge is 2.31. The Hall–Kier alpha value is -0.460. The molecular formula is C13H15Cl3N4S. The number of aliphatic imine (C=N–C) groups is 1. The van der Waals surface area contributed by atoms with Gasteiger partial charge in [-0.15, -0.1) is 0 Å². The third-order valence-corrected chi connectivity index (χ3v) is 4.23. The fraction of sp³-hybridized carbons (Fsp3) is 0.385. The van der Waals surface area contributed by atoms with E-state index in [4.69, 9.17) is 34.8 Å². The van der Waals surface area contributed by atoms with Crippen LogP contribution in [0.2, 0.25) is 0 Å². The molecule has 0 saturated carbocycles. The number of halogens is 3. The summed E-state index contributed by atoms with van der Waals surface area (Å²) in [7, 11) is 0. The van der Waals surface area contributed by atoms with Gasteiger partial charge in [-0.05, 0) is 20.8 Å². The molecule has 21 heavy (non-hydrogen) atoms. The molecule has 1 heterocycles. The van der Waals surface area contributed by atoms with Gasteiger partial charge < -0.3 is 0 Å². The molecule has 4 nitrogen and oxygen atoms in total. The Kier molecular flexibility index (Phi) is 5.11. The first-order valence-electron chi connectivity index (χ1n) is 6.19. The minimum absolute atomic E-state index is 0.140. The molecule has 0 saturated heterocycles. The van der Waals surface area contributed by atoms with E-state index < -0.39 is 14.9 Å². The number of rotatable bonds is 2. The summed E-state index contributed by atoms with van der Waals surface area (Å²) in [4.78, 5) is 4.27. The lowest BCUT2D eigenvalue weighted by Crippen LogP contribution is -2.38. The summed E-state index contributed by atoms with van der Waals surface area (Å²) in [6.45, 7) is 6.07. The van der Waals surface area contributed by atoms with Gasteiger partial charge in [0.05, 0.1) is 11.1 Å². The second kappa shape index (κ2) is 6.34. The molecule has 0 radical (unpaired) electrons. The first kappa shape index (κ1) is 16.9. The standard InChI is InChI=1S/C13H15Cl3N4S/c1-12(2,3)20-21-18-10(9-7-5-4-6-8-9)17-11(19-21)13(14,15)16/h4-8H,1-3H3,(H,17,18,19,20)/t21-/m0/s1. The van der Waals surface area contributed by atoms with E-state index >= 15 is 0 Å². The van der Waals surface area contributed by atoms with Gasteiger partial charge in [-0.3, -0.25) is 0 Å². The number of alkyl halides is 3. The lowest BCUT2D eigenvalue weighted by molar-refractivity contribution is 0.533. The predicted octanol–water partition coefficient (Wildman–Crippen LogP) is 4.24. The lowest BCUT2D eigenvalue weighted by Gasteiger charge is -2.23. The van der Waals surface area contributed by atoms with Gasteiger partial charge in [-0.1, -0.05) is 65.1 Å². The number of amidine groups is 2. The molecule has 1 N–H and O–H groups in total. The molecule has 0 unspecified atom stereocenters. The van der Waals surface area contributed by atoms with Crippen molar-refractivity contribution in [3.63, 3.8) is 0 Å². The van der Waals surface area contributed by atoms with Crippen LogP contribution in [0.15, 0.2) is 44.1 Å². The molecule has 0 aliphatic carbocycles. The number of nitrogens with one attached hydrogen (secondary N) is 1. The Morgan fingerprint density at radius 2 is 1.67 bits per heavy atom. The largest absolute Gasteiger partial charge is 0.250 e. The molecular weight excluding hydrogens is 351 g/mol. The summed E-state index contributed by atoms with van der Waals surface area (Å²) in [6.07, 6.45) is 0. The van der Waals surface area contributed by atoms with Crippen LogP contribution < -0.4 is 4.72 Å². The second-order valence-corrected chi connectivity index (χ2v) is 8.80. The highest BCUT2D eigenvalue weighted by molar-refractivity contribution is 7.84. The van der Waals surface area contributed by atoms with Crippen molar-refractivity contribution in [3.8, 4) is 0 Å². The van der Waals surface area contributed by atoms with Crippen LogP contribution in [0.1, 0.15) is 26.3 Å². The van der Waals surface area contributed by atoms with Crippen LogP contribution in [-0.4, -0.2) is 21.0 Å². The molecule has 8 heteroatoms. The predicted molar refractivity (Wildman–Crippen MR) is 93.4 cm³/mol. The Balaban J connectivity index is 2.45. The van der Waals surface area contributed by atoms with Crippen LogP contribution >= 0.6 is 34.8 Å². The van der Waals surface area contributed by atoms with Crippen molar-refractivity contribution in [2.75, 3.05) is 0 Å². The fourth-order valence-electron chi connectivity index (χ4n) is 1.46. The molecule has 0 spiro atoms. The molecule has 114 valence electrons. The average Bonchev–Trinajstić information content (AvgIpc) is 2.36. The van der Waals surface area contributed by atoms with Crippen molar-refractivity contribution < 1.29 is 0 Å². The maximum Gasteiger partial charge on any atom is 0.250 e. The quantitative estimate of drug-likeness (QED) is 0.783. The van der Waals surface area contributed by atoms with Crippen LogP contribution in [-0.2, 0) is 11.1 Å². The number of nitrogens with zero attached hydrogens (tertiary/aromatic N) is 3. The molecule has 0 fully saturated rings. The zero-order chi connectivity index (χ0) is 15.7. The van der Waals surface area contributed by atoms with Crippen molar-refractivity contribution in [2.45, 2.75) is 30.1 Å². The highest BCUT2D eigenvalue weighted by Crippen LogP contribution is 2.30. The van der Waals surface area contributed by atoms with E-state index in [1.54, 1.807) is 0 Å². The molecule has 0 aromatic heterocycles. The van der Waals surface area contributed by atoms with Crippen LogP contribution in [0.4, 0.5) is 0 Å². The Morgan fingerprint density at radius 3 is 2.19 bits per heavy atom. The summed E-state index contributed by atoms with van der Waals surface area (Å²) in [5.41, 5.74) is 0.681. The molecule has 1 aliphatic rings. The van der Waals surface area contributed by atoms with E-state index in [-0.39, 0.29) is 11.4 Å². The fourth-order valence-corrected chi connectivity index (χ4v) is 3.20. The van der Waals surface area contributed by atoms with E-state index in [9.17, 15) is 0 Å². The van der Waals surface area contributed by atoms with Gasteiger partial charge in [-0.25, -0.2) is 9.71 Å². The monoisotopic (exact) mass is 364 g/mol. The van der Waals surface area contributed by atoms with Gasteiger partial charge in [0, 0.05) is 11.1 Å². The second-order valence-electron chi connectivity index (χ2n) is 5.42. The van der Waals surface area contributed by atoms with Gasteiger partial charge in [0.1, 0.15) is 0 Å². The summed E-state index contributed by atoms with van der Waals surface area (Å²) in [5, 5.41) is 0. The van der Waals surface area contributed by atoms with E-state index in [0.29, 0.717) is 5.84 Å². The lowest BCUT2D eigenvalue weighted by atomic mass is 10.1. The number of benzene rings is 1. The summed E-state index contributed by atoms with van der Waals surface area (Å²) in [5.74, 6) is 0.647. The minimum Gasteiger partial charge on any atom is -0.231 e. The molecule has 1 aromatic carbocycles. The first-order valence-corrected chi connectivity index (χ1v) is 8.46. The van der Waals surface area contributed by atoms with Crippen LogP contribution in [0.25, 0.3) is 0 Å². The number of hydrogen-bond acceptors (Lipinski definition) is 4. The van der Waals surface area contributed by atoms with Crippen molar-refractivity contribution >= 4 is 57.5 Å². The van der Waals surface area contributed by atoms with Gasteiger partial charge in [0.25, 0.3) is 3.79 Å². The van der Waals surface area contributed by atoms with Crippen LogP contribution in [0, 0.1) is 0 Å².